The van der Waals surface area contributed by atoms with Gasteiger partial charge in [0.2, 0.25) is 0 Å². The third kappa shape index (κ3) is 4.64. The van der Waals surface area contributed by atoms with Crippen molar-refractivity contribution in [2.75, 3.05) is 13.1 Å². The van der Waals surface area contributed by atoms with Crippen LogP contribution in [0.4, 0.5) is 0 Å². The lowest BCUT2D eigenvalue weighted by Gasteiger charge is -2.20. The normalized spacial score (nSPS) is 13.8. The lowest BCUT2D eigenvalue weighted by molar-refractivity contribution is 0.169. The summed E-state index contributed by atoms with van der Waals surface area (Å²) in [6, 6.07) is 6.64. The summed E-state index contributed by atoms with van der Waals surface area (Å²) < 4.78 is 0. The van der Waals surface area contributed by atoms with Gasteiger partial charge in [0.15, 0.2) is 0 Å². The van der Waals surface area contributed by atoms with Crippen LogP contribution < -0.4 is 5.32 Å². The Bertz CT molecular complexity index is 314. The summed E-state index contributed by atoms with van der Waals surface area (Å²) >= 11 is 0. The smallest absolute Gasteiger partial charge is 0.115 e. The number of nitrogens with one attached hydrogen (secondary N) is 1. The number of benzene rings is 1. The Morgan fingerprint density at radius 2 is 1.75 bits per heavy atom. The Morgan fingerprint density at radius 1 is 1.19 bits per heavy atom. The Labute approximate surface area is 97.1 Å². The van der Waals surface area contributed by atoms with E-state index >= 15 is 0 Å². The van der Waals surface area contributed by atoms with E-state index in [-0.39, 0.29) is 11.2 Å². The molecule has 0 aliphatic heterocycles. The lowest BCUT2D eigenvalue weighted by Crippen LogP contribution is -2.30. The second-order valence-corrected chi connectivity index (χ2v) is 5.30. The van der Waals surface area contributed by atoms with Gasteiger partial charge in [-0.2, -0.15) is 0 Å². The number of aliphatic hydroxyl groups is 1. The number of rotatable bonds is 4. The molecule has 0 saturated heterocycles. The predicted molar refractivity (Wildman–Crippen MR) is 65.4 cm³/mol. The van der Waals surface area contributed by atoms with Gasteiger partial charge in [-0.15, -0.1) is 0 Å². The molecule has 0 spiro atoms. The van der Waals surface area contributed by atoms with Crippen molar-refractivity contribution >= 4 is 0 Å². The molecule has 1 rings (SSSR count). The zero-order valence-corrected chi connectivity index (χ0v) is 10.2. The molecule has 3 nitrogen and oxygen atoms in total. The molecule has 0 amide bonds. The first kappa shape index (κ1) is 13.0. The van der Waals surface area contributed by atoms with E-state index in [0.29, 0.717) is 6.54 Å². The fraction of sp³-hybridized carbons (Fsp3) is 0.538. The monoisotopic (exact) mass is 223 g/mol. The average Bonchev–Trinajstić information content (AvgIpc) is 2.16. The number of hydrogen-bond donors (Lipinski definition) is 3. The van der Waals surface area contributed by atoms with Crippen LogP contribution in [-0.4, -0.2) is 23.3 Å². The van der Waals surface area contributed by atoms with Crippen molar-refractivity contribution in [3.8, 4) is 5.75 Å². The van der Waals surface area contributed by atoms with E-state index in [1.54, 1.807) is 24.3 Å². The Kier molecular flexibility index (Phi) is 4.33. The molecule has 0 aliphatic rings. The molecule has 0 heterocycles. The zero-order chi connectivity index (χ0) is 12.2. The van der Waals surface area contributed by atoms with Crippen molar-refractivity contribution in [3.63, 3.8) is 0 Å². The van der Waals surface area contributed by atoms with Crippen molar-refractivity contribution < 1.29 is 10.2 Å². The molecular formula is C13H21NO2. The van der Waals surface area contributed by atoms with Crippen LogP contribution in [-0.2, 0) is 0 Å². The molecule has 0 fully saturated rings. The maximum atomic E-state index is 9.86. The van der Waals surface area contributed by atoms with Gasteiger partial charge in [-0.25, -0.2) is 0 Å². The zero-order valence-electron chi connectivity index (χ0n) is 10.2. The van der Waals surface area contributed by atoms with Crippen LogP contribution in [0.1, 0.15) is 32.4 Å². The molecular weight excluding hydrogens is 202 g/mol. The SMILES string of the molecule is CC(C)(C)CNCC(O)c1ccc(O)cc1. The number of phenols is 1. The van der Waals surface area contributed by atoms with Crippen LogP contribution in [0, 0.1) is 5.41 Å². The molecule has 1 aromatic carbocycles. The van der Waals surface area contributed by atoms with Crippen LogP contribution in [0.2, 0.25) is 0 Å². The van der Waals surface area contributed by atoms with Gasteiger partial charge in [-0.3, -0.25) is 0 Å². The van der Waals surface area contributed by atoms with E-state index < -0.39 is 6.10 Å². The first-order chi connectivity index (χ1) is 7.38. The van der Waals surface area contributed by atoms with Crippen LogP contribution in [0.5, 0.6) is 5.75 Å². The van der Waals surface area contributed by atoms with Crippen LogP contribution in [0.3, 0.4) is 0 Å². The van der Waals surface area contributed by atoms with Gasteiger partial charge in [0, 0.05) is 13.1 Å². The van der Waals surface area contributed by atoms with Crippen LogP contribution >= 0.6 is 0 Å². The number of aliphatic hydroxyl groups excluding tert-OH is 1. The molecule has 1 atom stereocenters. The molecule has 90 valence electrons. The summed E-state index contributed by atoms with van der Waals surface area (Å²) in [6.45, 7) is 7.83. The van der Waals surface area contributed by atoms with Gasteiger partial charge < -0.3 is 15.5 Å². The second-order valence-electron chi connectivity index (χ2n) is 5.30. The summed E-state index contributed by atoms with van der Waals surface area (Å²) in [5.41, 5.74) is 1.04. The summed E-state index contributed by atoms with van der Waals surface area (Å²) in [4.78, 5) is 0. The quantitative estimate of drug-likeness (QED) is 0.732. The van der Waals surface area contributed by atoms with Crippen molar-refractivity contribution in [3.05, 3.63) is 29.8 Å². The van der Waals surface area contributed by atoms with Crippen molar-refractivity contribution in [2.45, 2.75) is 26.9 Å². The van der Waals surface area contributed by atoms with Gasteiger partial charge >= 0.3 is 0 Å². The average molecular weight is 223 g/mol. The molecule has 3 heteroatoms. The molecule has 0 bridgehead atoms. The van der Waals surface area contributed by atoms with Gasteiger partial charge in [0.05, 0.1) is 6.10 Å². The van der Waals surface area contributed by atoms with Gasteiger partial charge in [0.25, 0.3) is 0 Å². The molecule has 1 unspecified atom stereocenters. The fourth-order valence-electron chi connectivity index (χ4n) is 1.40. The Morgan fingerprint density at radius 3 is 2.25 bits per heavy atom. The second kappa shape index (κ2) is 5.32. The highest BCUT2D eigenvalue weighted by molar-refractivity contribution is 5.27. The van der Waals surface area contributed by atoms with Crippen molar-refractivity contribution in [1.82, 2.24) is 5.32 Å². The third-order valence-corrected chi connectivity index (χ3v) is 2.27. The summed E-state index contributed by atoms with van der Waals surface area (Å²) in [7, 11) is 0. The van der Waals surface area contributed by atoms with E-state index in [1.165, 1.54) is 0 Å². The Balaban J connectivity index is 2.41. The van der Waals surface area contributed by atoms with Gasteiger partial charge in [-0.1, -0.05) is 32.9 Å². The summed E-state index contributed by atoms with van der Waals surface area (Å²) in [5, 5.41) is 22.2. The number of aromatic hydroxyl groups is 1. The van der Waals surface area contributed by atoms with E-state index in [2.05, 4.69) is 26.1 Å². The largest absolute Gasteiger partial charge is 0.508 e. The summed E-state index contributed by atoms with van der Waals surface area (Å²) in [6.07, 6.45) is -0.525. The van der Waals surface area contributed by atoms with E-state index in [9.17, 15) is 5.11 Å². The lowest BCUT2D eigenvalue weighted by atomic mass is 9.97. The highest BCUT2D eigenvalue weighted by atomic mass is 16.3. The van der Waals surface area contributed by atoms with Crippen molar-refractivity contribution in [1.29, 1.82) is 0 Å². The Hall–Kier alpha value is -1.06. The minimum absolute atomic E-state index is 0.217. The molecule has 0 radical (unpaired) electrons. The highest BCUT2D eigenvalue weighted by Crippen LogP contribution is 2.16. The third-order valence-electron chi connectivity index (χ3n) is 2.27. The highest BCUT2D eigenvalue weighted by Gasteiger charge is 2.11. The molecule has 1 aromatic rings. The molecule has 0 saturated carbocycles. The van der Waals surface area contributed by atoms with Crippen LogP contribution in [0.25, 0.3) is 0 Å². The number of phenolic OH excluding ortho intramolecular Hbond substituents is 1. The van der Waals surface area contributed by atoms with Gasteiger partial charge in [-0.05, 0) is 23.1 Å². The minimum Gasteiger partial charge on any atom is -0.508 e. The molecule has 16 heavy (non-hydrogen) atoms. The fourth-order valence-corrected chi connectivity index (χ4v) is 1.40. The first-order valence-electron chi connectivity index (χ1n) is 5.56. The predicted octanol–water partition coefficient (Wildman–Crippen LogP) is 2.06. The van der Waals surface area contributed by atoms with E-state index in [0.717, 1.165) is 12.1 Å². The van der Waals surface area contributed by atoms with Crippen LogP contribution in [0.15, 0.2) is 24.3 Å². The van der Waals surface area contributed by atoms with E-state index in [4.69, 9.17) is 5.11 Å². The molecule has 0 aliphatic carbocycles. The molecule has 0 aromatic heterocycles. The maximum absolute atomic E-state index is 9.86. The maximum Gasteiger partial charge on any atom is 0.115 e. The molecule has 3 N–H and O–H groups in total. The van der Waals surface area contributed by atoms with E-state index in [1.807, 2.05) is 0 Å². The topological polar surface area (TPSA) is 52.5 Å². The van der Waals surface area contributed by atoms with Gasteiger partial charge in [0.1, 0.15) is 5.75 Å². The standard InChI is InChI=1S/C13H21NO2/c1-13(2,3)9-14-8-12(16)10-4-6-11(15)7-5-10/h4-7,12,14-16H,8-9H2,1-3H3. The number of hydrogen-bond acceptors (Lipinski definition) is 3. The summed E-state index contributed by atoms with van der Waals surface area (Å²) in [5.74, 6) is 0.221. The minimum atomic E-state index is -0.525. The first-order valence-corrected chi connectivity index (χ1v) is 5.56. The van der Waals surface area contributed by atoms with Crippen molar-refractivity contribution in [2.24, 2.45) is 5.41 Å².